The van der Waals surface area contributed by atoms with Gasteiger partial charge in [-0.2, -0.15) is 0 Å². The molecule has 138 valence electrons. The summed E-state index contributed by atoms with van der Waals surface area (Å²) < 4.78 is 8.43. The Balaban J connectivity index is 1.93. The molecule has 0 saturated carbocycles. The Hall–Kier alpha value is -2.13. The highest BCUT2D eigenvalue weighted by atomic mass is 127. The Labute approximate surface area is 173 Å². The SMILES string of the molecule is CCOc1cc(/C=c2\sc3nc4cc(C)c(C)cc4n3c2=O)cc(I)c1O. The molecule has 2 aromatic carbocycles. The van der Waals surface area contributed by atoms with Gasteiger partial charge in [-0.15, -0.1) is 0 Å². The molecule has 2 heterocycles. The van der Waals surface area contributed by atoms with E-state index in [1.165, 1.54) is 11.3 Å². The van der Waals surface area contributed by atoms with Gasteiger partial charge in [0.1, 0.15) is 0 Å². The topological polar surface area (TPSA) is 63.8 Å². The number of nitrogens with zero attached hydrogens (tertiary/aromatic N) is 2. The van der Waals surface area contributed by atoms with Crippen molar-refractivity contribution in [2.45, 2.75) is 20.8 Å². The second-order valence-electron chi connectivity index (χ2n) is 6.35. The van der Waals surface area contributed by atoms with Crippen LogP contribution in [0.1, 0.15) is 23.6 Å². The first-order chi connectivity index (χ1) is 12.9. The van der Waals surface area contributed by atoms with E-state index in [2.05, 4.69) is 27.6 Å². The summed E-state index contributed by atoms with van der Waals surface area (Å²) in [5.41, 5.74) is 4.69. The van der Waals surface area contributed by atoms with Gasteiger partial charge in [0.15, 0.2) is 16.5 Å². The predicted molar refractivity (Wildman–Crippen MR) is 117 cm³/mol. The second-order valence-corrected chi connectivity index (χ2v) is 8.52. The minimum atomic E-state index is -0.0817. The van der Waals surface area contributed by atoms with Gasteiger partial charge in [0, 0.05) is 0 Å². The number of hydrogen-bond donors (Lipinski definition) is 1. The van der Waals surface area contributed by atoms with Gasteiger partial charge < -0.3 is 9.84 Å². The monoisotopic (exact) mass is 492 g/mol. The standard InChI is InChI=1S/C20H17IN2O3S/c1-4-26-16-8-12(7-13(21)18(16)24)9-17-19(25)23-15-6-11(3)10(2)5-14(15)22-20(23)27-17/h5-9,24H,4H2,1-3H3/b17-9-. The highest BCUT2D eigenvalue weighted by Crippen LogP contribution is 2.33. The quantitative estimate of drug-likeness (QED) is 0.443. The van der Waals surface area contributed by atoms with Crippen molar-refractivity contribution in [1.29, 1.82) is 0 Å². The van der Waals surface area contributed by atoms with Crippen molar-refractivity contribution < 1.29 is 9.84 Å². The van der Waals surface area contributed by atoms with Gasteiger partial charge in [0.25, 0.3) is 5.56 Å². The predicted octanol–water partition coefficient (Wildman–Crippen LogP) is 3.78. The molecule has 7 heteroatoms. The average molecular weight is 492 g/mol. The van der Waals surface area contributed by atoms with Crippen molar-refractivity contribution in [2.75, 3.05) is 6.61 Å². The van der Waals surface area contributed by atoms with Crippen LogP contribution in [-0.4, -0.2) is 21.1 Å². The molecule has 0 radical (unpaired) electrons. The number of aryl methyl sites for hydroxylation is 2. The number of phenolic OH excluding ortho intramolecular Hbond substituents is 1. The molecule has 0 saturated heterocycles. The van der Waals surface area contributed by atoms with Crippen LogP contribution in [0.5, 0.6) is 11.5 Å². The summed E-state index contributed by atoms with van der Waals surface area (Å²) in [4.78, 5) is 18.3. The summed E-state index contributed by atoms with van der Waals surface area (Å²) in [6.07, 6.45) is 1.82. The molecular weight excluding hydrogens is 475 g/mol. The van der Waals surface area contributed by atoms with E-state index < -0.39 is 0 Å². The minimum absolute atomic E-state index is 0.0817. The number of aromatic nitrogens is 2. The number of phenols is 1. The summed E-state index contributed by atoms with van der Waals surface area (Å²) in [7, 11) is 0. The molecule has 0 aliphatic rings. The van der Waals surface area contributed by atoms with Crippen LogP contribution in [0.25, 0.3) is 22.1 Å². The Morgan fingerprint density at radius 3 is 2.74 bits per heavy atom. The van der Waals surface area contributed by atoms with Gasteiger partial charge in [-0.05, 0) is 90.4 Å². The molecular formula is C20H17IN2O3S. The average Bonchev–Trinajstić information content (AvgIpc) is 3.10. The molecule has 27 heavy (non-hydrogen) atoms. The van der Waals surface area contributed by atoms with E-state index in [0.717, 1.165) is 27.7 Å². The molecule has 1 N–H and O–H groups in total. The smallest absolute Gasteiger partial charge is 0.274 e. The Bertz CT molecular complexity index is 1310. The molecule has 0 unspecified atom stereocenters. The number of imidazole rings is 1. The maximum absolute atomic E-state index is 13.0. The lowest BCUT2D eigenvalue weighted by Crippen LogP contribution is -2.22. The molecule has 0 aliphatic carbocycles. The summed E-state index contributed by atoms with van der Waals surface area (Å²) in [5.74, 6) is 0.538. The summed E-state index contributed by atoms with van der Waals surface area (Å²) in [5, 5.41) is 10.1. The van der Waals surface area contributed by atoms with E-state index in [1.54, 1.807) is 10.5 Å². The van der Waals surface area contributed by atoms with Crippen LogP contribution in [0.2, 0.25) is 0 Å². The zero-order valence-electron chi connectivity index (χ0n) is 15.0. The number of hydrogen-bond acceptors (Lipinski definition) is 5. The van der Waals surface area contributed by atoms with Crippen molar-refractivity contribution in [3.05, 3.63) is 59.4 Å². The third-order valence-corrected chi connectivity index (χ3v) is 6.29. The van der Waals surface area contributed by atoms with Crippen molar-refractivity contribution in [3.63, 3.8) is 0 Å². The number of aromatic hydroxyl groups is 1. The van der Waals surface area contributed by atoms with Crippen molar-refractivity contribution in [1.82, 2.24) is 9.38 Å². The van der Waals surface area contributed by atoms with Gasteiger partial charge in [-0.1, -0.05) is 11.3 Å². The van der Waals surface area contributed by atoms with Crippen LogP contribution >= 0.6 is 33.9 Å². The summed E-state index contributed by atoms with van der Waals surface area (Å²) in [6.45, 7) is 6.40. The first-order valence-electron chi connectivity index (χ1n) is 8.48. The van der Waals surface area contributed by atoms with Crippen LogP contribution in [-0.2, 0) is 0 Å². The lowest BCUT2D eigenvalue weighted by Gasteiger charge is -2.08. The zero-order chi connectivity index (χ0) is 19.3. The molecule has 4 rings (SSSR count). The largest absolute Gasteiger partial charge is 0.504 e. The number of ether oxygens (including phenoxy) is 1. The van der Waals surface area contributed by atoms with Gasteiger partial charge in [0.05, 0.1) is 25.7 Å². The van der Waals surface area contributed by atoms with Gasteiger partial charge in [-0.25, -0.2) is 9.38 Å². The fourth-order valence-corrected chi connectivity index (χ4v) is 4.62. The maximum atomic E-state index is 13.0. The number of fused-ring (bicyclic) bond motifs is 3. The van der Waals surface area contributed by atoms with Crippen molar-refractivity contribution >= 4 is 56.0 Å². The van der Waals surface area contributed by atoms with E-state index in [1.807, 2.05) is 45.0 Å². The van der Waals surface area contributed by atoms with Crippen LogP contribution in [0.4, 0.5) is 0 Å². The molecule has 0 spiro atoms. The zero-order valence-corrected chi connectivity index (χ0v) is 18.0. The fraction of sp³-hybridized carbons (Fsp3) is 0.200. The fourth-order valence-electron chi connectivity index (χ4n) is 3.01. The first-order valence-corrected chi connectivity index (χ1v) is 10.4. The molecule has 5 nitrogen and oxygen atoms in total. The third kappa shape index (κ3) is 3.08. The van der Waals surface area contributed by atoms with Crippen LogP contribution in [0, 0.1) is 17.4 Å². The molecule has 2 aromatic heterocycles. The van der Waals surface area contributed by atoms with Gasteiger partial charge in [0.2, 0.25) is 0 Å². The first kappa shape index (κ1) is 18.2. The van der Waals surface area contributed by atoms with Crippen LogP contribution in [0.3, 0.4) is 0 Å². The summed E-state index contributed by atoms with van der Waals surface area (Å²) >= 11 is 3.42. The number of rotatable bonds is 3. The second kappa shape index (κ2) is 6.79. The molecule has 0 aliphatic heterocycles. The van der Waals surface area contributed by atoms with E-state index in [-0.39, 0.29) is 11.3 Å². The lowest BCUT2D eigenvalue weighted by molar-refractivity contribution is 0.317. The van der Waals surface area contributed by atoms with Crippen molar-refractivity contribution in [3.8, 4) is 11.5 Å². The molecule has 0 atom stereocenters. The van der Waals surface area contributed by atoms with Crippen molar-refractivity contribution in [2.24, 2.45) is 0 Å². The summed E-state index contributed by atoms with van der Waals surface area (Å²) in [6, 6.07) is 7.60. The van der Waals surface area contributed by atoms with E-state index in [4.69, 9.17) is 4.74 Å². The Kier molecular flexibility index (Phi) is 4.59. The highest BCUT2D eigenvalue weighted by molar-refractivity contribution is 14.1. The van der Waals surface area contributed by atoms with Gasteiger partial charge >= 0.3 is 0 Å². The van der Waals surface area contributed by atoms with E-state index in [0.29, 0.717) is 25.4 Å². The van der Waals surface area contributed by atoms with E-state index in [9.17, 15) is 9.90 Å². The Morgan fingerprint density at radius 1 is 1.26 bits per heavy atom. The van der Waals surface area contributed by atoms with Crippen LogP contribution < -0.4 is 14.8 Å². The maximum Gasteiger partial charge on any atom is 0.274 e. The van der Waals surface area contributed by atoms with Gasteiger partial charge in [-0.3, -0.25) is 4.79 Å². The highest BCUT2D eigenvalue weighted by Gasteiger charge is 2.13. The normalized spacial score (nSPS) is 12.4. The lowest BCUT2D eigenvalue weighted by atomic mass is 10.1. The van der Waals surface area contributed by atoms with Crippen LogP contribution in [0.15, 0.2) is 29.1 Å². The Morgan fingerprint density at radius 2 is 2.00 bits per heavy atom. The molecule has 4 aromatic rings. The third-order valence-electron chi connectivity index (χ3n) is 4.50. The number of benzene rings is 2. The molecule has 0 amide bonds. The number of halogens is 1. The number of thiazole rings is 1. The molecule has 0 fully saturated rings. The minimum Gasteiger partial charge on any atom is -0.504 e. The molecule has 0 bridgehead atoms. The van der Waals surface area contributed by atoms with E-state index >= 15 is 0 Å².